The molecule has 2 aromatic heterocycles. The minimum atomic E-state index is -0.904. The Morgan fingerprint density at radius 3 is 2.64 bits per heavy atom. The standard InChI is InChI=1S/C26H21FN6O2S/c1-16-12-19(15-30-22(16)28-2)32-24(35)26(9-5-10-26)33(25(32)36)18-7-8-20(21(27)13-18)23(34)31-14-17-6-3-4-11-29-17/h3-4,6-8,11-13,15H,5,9-10,14H2,1H3,(H,31,34). The predicted octanol–water partition coefficient (Wildman–Crippen LogP) is 4.47. The molecule has 1 aliphatic heterocycles. The third-order valence-electron chi connectivity index (χ3n) is 6.60. The first-order valence-corrected chi connectivity index (χ1v) is 11.8. The van der Waals surface area contributed by atoms with Gasteiger partial charge in [-0.2, -0.15) is 0 Å². The summed E-state index contributed by atoms with van der Waals surface area (Å²) in [6.45, 7) is 9.13. The summed E-state index contributed by atoms with van der Waals surface area (Å²) in [4.78, 5) is 40.9. The van der Waals surface area contributed by atoms with Crippen molar-refractivity contribution in [2.45, 2.75) is 38.3 Å². The number of aryl methyl sites for hydroxylation is 1. The monoisotopic (exact) mass is 500 g/mol. The normalized spacial score (nSPS) is 16.1. The van der Waals surface area contributed by atoms with Crippen molar-refractivity contribution >= 4 is 46.3 Å². The zero-order valence-corrected chi connectivity index (χ0v) is 20.2. The first-order chi connectivity index (χ1) is 17.4. The summed E-state index contributed by atoms with van der Waals surface area (Å²) in [5, 5.41) is 2.88. The first kappa shape index (κ1) is 23.5. The number of nitrogens with one attached hydrogen (secondary N) is 1. The lowest BCUT2D eigenvalue weighted by atomic mass is 9.75. The minimum absolute atomic E-state index is 0.111. The van der Waals surface area contributed by atoms with Crippen molar-refractivity contribution in [3.63, 3.8) is 0 Å². The molecule has 1 saturated heterocycles. The second-order valence-corrected chi connectivity index (χ2v) is 9.12. The van der Waals surface area contributed by atoms with E-state index in [9.17, 15) is 9.59 Å². The average molecular weight is 501 g/mol. The molecule has 2 amide bonds. The fourth-order valence-electron chi connectivity index (χ4n) is 4.60. The molecule has 0 radical (unpaired) electrons. The molecule has 1 saturated carbocycles. The Balaban J connectivity index is 1.43. The van der Waals surface area contributed by atoms with Crippen LogP contribution in [-0.2, 0) is 11.3 Å². The van der Waals surface area contributed by atoms with Gasteiger partial charge >= 0.3 is 0 Å². The summed E-state index contributed by atoms with van der Waals surface area (Å²) in [5.74, 6) is -1.22. The molecule has 36 heavy (non-hydrogen) atoms. The maximum Gasteiger partial charge on any atom is 0.272 e. The number of rotatable bonds is 5. The van der Waals surface area contributed by atoms with Gasteiger partial charge in [0.15, 0.2) is 5.11 Å². The van der Waals surface area contributed by atoms with E-state index >= 15 is 4.39 Å². The molecule has 5 rings (SSSR count). The predicted molar refractivity (Wildman–Crippen MR) is 136 cm³/mol. The number of carbonyl (C=O) groups excluding carboxylic acids is 2. The Kier molecular flexibility index (Phi) is 5.94. The molecule has 2 aliphatic rings. The SMILES string of the molecule is [C-]#[N+]c1ncc(N2C(=O)C3(CCC3)N(c3ccc(C(=O)NCc4ccccn4)c(F)c3)C2=S)cc1C. The first-order valence-electron chi connectivity index (χ1n) is 11.4. The Labute approximate surface area is 212 Å². The van der Waals surface area contributed by atoms with Crippen LogP contribution in [0.5, 0.6) is 0 Å². The molecule has 1 aliphatic carbocycles. The number of nitrogens with zero attached hydrogens (tertiary/aromatic N) is 5. The molecule has 180 valence electrons. The van der Waals surface area contributed by atoms with Gasteiger partial charge in [0.25, 0.3) is 17.6 Å². The van der Waals surface area contributed by atoms with Gasteiger partial charge in [-0.1, -0.05) is 12.6 Å². The Bertz CT molecular complexity index is 1430. The molecule has 10 heteroatoms. The number of carbonyl (C=O) groups is 2. The topological polar surface area (TPSA) is 82.8 Å². The third-order valence-corrected chi connectivity index (χ3v) is 6.97. The fraction of sp³-hybridized carbons (Fsp3) is 0.231. The van der Waals surface area contributed by atoms with Crippen molar-refractivity contribution in [1.29, 1.82) is 0 Å². The van der Waals surface area contributed by atoms with Gasteiger partial charge in [-0.3, -0.25) is 19.5 Å². The second-order valence-electron chi connectivity index (χ2n) is 8.76. The molecule has 8 nitrogen and oxygen atoms in total. The van der Waals surface area contributed by atoms with E-state index < -0.39 is 17.3 Å². The van der Waals surface area contributed by atoms with Crippen molar-refractivity contribution < 1.29 is 14.0 Å². The Morgan fingerprint density at radius 1 is 1.22 bits per heavy atom. The third kappa shape index (κ3) is 3.78. The molecule has 3 heterocycles. The van der Waals surface area contributed by atoms with Gasteiger partial charge in [-0.15, -0.1) is 4.98 Å². The number of benzene rings is 1. The van der Waals surface area contributed by atoms with Crippen LogP contribution in [0.4, 0.5) is 21.6 Å². The number of anilines is 2. The highest BCUT2D eigenvalue weighted by Crippen LogP contribution is 2.48. The molecular formula is C26H21FN6O2S. The van der Waals surface area contributed by atoms with Gasteiger partial charge in [-0.05, 0) is 80.4 Å². The largest absolute Gasteiger partial charge is 0.360 e. The van der Waals surface area contributed by atoms with Crippen LogP contribution < -0.4 is 15.1 Å². The highest BCUT2D eigenvalue weighted by Gasteiger charge is 2.59. The van der Waals surface area contributed by atoms with Gasteiger partial charge in [0.1, 0.15) is 17.6 Å². The van der Waals surface area contributed by atoms with Crippen LogP contribution in [0.1, 0.15) is 40.9 Å². The van der Waals surface area contributed by atoms with Crippen molar-refractivity contribution in [1.82, 2.24) is 15.3 Å². The van der Waals surface area contributed by atoms with E-state index in [0.717, 1.165) is 6.42 Å². The Morgan fingerprint density at radius 2 is 2.03 bits per heavy atom. The van der Waals surface area contributed by atoms with Crippen LogP contribution in [0.2, 0.25) is 0 Å². The van der Waals surface area contributed by atoms with E-state index in [1.165, 1.54) is 23.2 Å². The number of hydrogen-bond donors (Lipinski definition) is 1. The summed E-state index contributed by atoms with van der Waals surface area (Å²) in [6.07, 6.45) is 5.05. The van der Waals surface area contributed by atoms with E-state index in [1.807, 2.05) is 0 Å². The van der Waals surface area contributed by atoms with Gasteiger partial charge < -0.3 is 15.1 Å². The molecule has 1 N–H and O–H groups in total. The van der Waals surface area contributed by atoms with Crippen molar-refractivity contribution in [2.75, 3.05) is 9.80 Å². The lowest BCUT2D eigenvalue weighted by Gasteiger charge is -2.43. The minimum Gasteiger partial charge on any atom is -0.360 e. The lowest BCUT2D eigenvalue weighted by molar-refractivity contribution is -0.123. The van der Waals surface area contributed by atoms with Crippen molar-refractivity contribution in [3.8, 4) is 0 Å². The molecule has 0 bridgehead atoms. The summed E-state index contributed by atoms with van der Waals surface area (Å²) in [5.41, 5.74) is 1.14. The molecule has 3 aromatic rings. The van der Waals surface area contributed by atoms with Crippen LogP contribution >= 0.6 is 12.2 Å². The maximum atomic E-state index is 15.2. The van der Waals surface area contributed by atoms with Crippen LogP contribution in [-0.4, -0.2) is 32.4 Å². The van der Waals surface area contributed by atoms with E-state index in [1.54, 1.807) is 48.4 Å². The van der Waals surface area contributed by atoms with Crippen LogP contribution in [0.3, 0.4) is 0 Å². The Hall–Kier alpha value is -4.23. The zero-order valence-electron chi connectivity index (χ0n) is 19.4. The number of amides is 2. The highest BCUT2D eigenvalue weighted by molar-refractivity contribution is 7.81. The number of pyridine rings is 2. The highest BCUT2D eigenvalue weighted by atomic mass is 32.1. The van der Waals surface area contributed by atoms with Crippen molar-refractivity contribution in [3.05, 3.63) is 88.9 Å². The number of hydrogen-bond acceptors (Lipinski definition) is 5. The van der Waals surface area contributed by atoms with Crippen molar-refractivity contribution in [2.24, 2.45) is 0 Å². The molecule has 0 atom stereocenters. The summed E-state index contributed by atoms with van der Waals surface area (Å²) in [7, 11) is 0. The van der Waals surface area contributed by atoms with E-state index in [0.29, 0.717) is 35.5 Å². The van der Waals surface area contributed by atoms with E-state index in [-0.39, 0.29) is 28.9 Å². The van der Waals surface area contributed by atoms with Crippen LogP contribution in [0.25, 0.3) is 4.85 Å². The van der Waals surface area contributed by atoms with E-state index in [4.69, 9.17) is 18.8 Å². The van der Waals surface area contributed by atoms with E-state index in [2.05, 4.69) is 20.1 Å². The summed E-state index contributed by atoms with van der Waals surface area (Å²) >= 11 is 5.71. The van der Waals surface area contributed by atoms with Gasteiger partial charge in [-0.25, -0.2) is 4.39 Å². The second kappa shape index (κ2) is 9.09. The smallest absolute Gasteiger partial charge is 0.272 e. The number of thiocarbonyl (C=S) groups is 1. The van der Waals surface area contributed by atoms with Gasteiger partial charge in [0.2, 0.25) is 0 Å². The number of aromatic nitrogens is 2. The van der Waals surface area contributed by atoms with Gasteiger partial charge in [0.05, 0.1) is 23.5 Å². The zero-order chi connectivity index (χ0) is 25.4. The molecular weight excluding hydrogens is 479 g/mol. The van der Waals surface area contributed by atoms with Crippen LogP contribution in [0, 0.1) is 19.3 Å². The average Bonchev–Trinajstić information content (AvgIpc) is 3.09. The summed E-state index contributed by atoms with van der Waals surface area (Å²) in [6, 6.07) is 11.3. The molecule has 1 spiro atoms. The van der Waals surface area contributed by atoms with Gasteiger partial charge in [0, 0.05) is 11.9 Å². The fourth-order valence-corrected chi connectivity index (χ4v) is 5.06. The molecule has 0 unspecified atom stereocenters. The number of halogens is 1. The molecule has 1 aromatic carbocycles. The van der Waals surface area contributed by atoms with Crippen LogP contribution in [0.15, 0.2) is 54.9 Å². The summed E-state index contributed by atoms with van der Waals surface area (Å²) < 4.78 is 15.2. The quantitative estimate of drug-likeness (QED) is 0.411. The lowest BCUT2D eigenvalue weighted by Crippen LogP contribution is -2.55. The molecule has 2 fully saturated rings. The maximum absolute atomic E-state index is 15.2.